The Labute approximate surface area is 123 Å². The molecule has 0 aliphatic heterocycles. The first kappa shape index (κ1) is 16.7. The van der Waals surface area contributed by atoms with Crippen LogP contribution >= 0.6 is 0 Å². The van der Waals surface area contributed by atoms with Crippen LogP contribution in [0.1, 0.15) is 25.0 Å². The van der Waals surface area contributed by atoms with E-state index in [9.17, 15) is 14.4 Å². The van der Waals surface area contributed by atoms with Crippen molar-refractivity contribution < 1.29 is 23.9 Å². The van der Waals surface area contributed by atoms with Gasteiger partial charge in [-0.3, -0.25) is 14.4 Å². The molecule has 1 rings (SSSR count). The molecule has 1 aromatic carbocycles. The lowest BCUT2D eigenvalue weighted by atomic mass is 10.0. The summed E-state index contributed by atoms with van der Waals surface area (Å²) < 4.78 is 9.49. The van der Waals surface area contributed by atoms with Crippen LogP contribution < -0.4 is 5.32 Å². The highest BCUT2D eigenvalue weighted by Crippen LogP contribution is 2.20. The molecule has 0 spiro atoms. The van der Waals surface area contributed by atoms with Crippen LogP contribution in [0.3, 0.4) is 0 Å². The summed E-state index contributed by atoms with van der Waals surface area (Å²) in [7, 11) is 1.31. The quantitative estimate of drug-likeness (QED) is 0.803. The first-order valence-corrected chi connectivity index (χ1v) is 6.58. The van der Waals surface area contributed by atoms with Crippen LogP contribution in [0.2, 0.25) is 0 Å². The van der Waals surface area contributed by atoms with Crippen molar-refractivity contribution >= 4 is 23.5 Å². The first-order chi connectivity index (χ1) is 9.96. The van der Waals surface area contributed by atoms with Crippen molar-refractivity contribution in [1.29, 1.82) is 0 Å². The van der Waals surface area contributed by atoms with E-state index in [1.165, 1.54) is 14.0 Å². The summed E-state index contributed by atoms with van der Waals surface area (Å²) in [5, 5.41) is 2.65. The molecule has 6 heteroatoms. The second-order valence-corrected chi connectivity index (χ2v) is 4.41. The van der Waals surface area contributed by atoms with Gasteiger partial charge in [0.1, 0.15) is 0 Å². The van der Waals surface area contributed by atoms with Gasteiger partial charge < -0.3 is 14.8 Å². The van der Waals surface area contributed by atoms with Gasteiger partial charge in [0.2, 0.25) is 5.91 Å². The highest BCUT2D eigenvalue weighted by molar-refractivity contribution is 5.91. The number of anilines is 1. The maximum Gasteiger partial charge on any atom is 0.310 e. The van der Waals surface area contributed by atoms with E-state index in [1.807, 2.05) is 0 Å². The van der Waals surface area contributed by atoms with Gasteiger partial charge in [-0.1, -0.05) is 12.1 Å². The molecular formula is C15H19NO5. The van der Waals surface area contributed by atoms with Gasteiger partial charge in [0, 0.05) is 12.6 Å². The van der Waals surface area contributed by atoms with E-state index in [4.69, 9.17) is 4.74 Å². The number of esters is 2. The van der Waals surface area contributed by atoms with E-state index in [-0.39, 0.29) is 30.7 Å². The number of methoxy groups -OCH3 is 1. The van der Waals surface area contributed by atoms with Crippen molar-refractivity contribution in [2.75, 3.05) is 19.0 Å². The lowest BCUT2D eigenvalue weighted by Gasteiger charge is -2.11. The standard InChI is InChI=1S/C15H19NO5/c1-4-21-15(19)9-12-6-5-11(8-14(18)20-3)7-13(12)16-10(2)17/h5-7H,4,8-9H2,1-3H3,(H,16,17). The van der Waals surface area contributed by atoms with Gasteiger partial charge in [0.25, 0.3) is 0 Å². The van der Waals surface area contributed by atoms with Crippen LogP contribution in [-0.2, 0) is 36.7 Å². The average Bonchev–Trinajstić information content (AvgIpc) is 2.41. The summed E-state index contributed by atoms with van der Waals surface area (Å²) >= 11 is 0. The van der Waals surface area contributed by atoms with E-state index >= 15 is 0 Å². The molecule has 0 atom stereocenters. The van der Waals surface area contributed by atoms with Crippen molar-refractivity contribution in [3.8, 4) is 0 Å². The largest absolute Gasteiger partial charge is 0.469 e. The Morgan fingerprint density at radius 2 is 1.86 bits per heavy atom. The number of ether oxygens (including phenoxy) is 2. The third-order valence-electron chi connectivity index (χ3n) is 2.70. The van der Waals surface area contributed by atoms with Gasteiger partial charge in [-0.05, 0) is 24.1 Å². The van der Waals surface area contributed by atoms with Crippen molar-refractivity contribution in [2.24, 2.45) is 0 Å². The fourth-order valence-corrected chi connectivity index (χ4v) is 1.80. The maximum atomic E-state index is 11.6. The predicted octanol–water partition coefficient (Wildman–Crippen LogP) is 1.47. The Bertz CT molecular complexity index is 539. The molecule has 1 N–H and O–H groups in total. The number of carbonyl (C=O) groups is 3. The first-order valence-electron chi connectivity index (χ1n) is 6.58. The van der Waals surface area contributed by atoms with Crippen LogP contribution in [0.25, 0.3) is 0 Å². The Balaban J connectivity index is 2.98. The molecule has 0 aliphatic carbocycles. The Morgan fingerprint density at radius 1 is 1.14 bits per heavy atom. The Kier molecular flexibility index (Phi) is 6.39. The molecule has 0 aliphatic rings. The van der Waals surface area contributed by atoms with Crippen molar-refractivity contribution in [1.82, 2.24) is 0 Å². The SMILES string of the molecule is CCOC(=O)Cc1ccc(CC(=O)OC)cc1NC(C)=O. The lowest BCUT2D eigenvalue weighted by Crippen LogP contribution is -2.13. The summed E-state index contributed by atoms with van der Waals surface area (Å²) in [6.07, 6.45) is 0.157. The fourth-order valence-electron chi connectivity index (χ4n) is 1.80. The number of amides is 1. The van der Waals surface area contributed by atoms with E-state index < -0.39 is 0 Å². The highest BCUT2D eigenvalue weighted by atomic mass is 16.5. The van der Waals surface area contributed by atoms with Gasteiger partial charge >= 0.3 is 11.9 Å². The lowest BCUT2D eigenvalue weighted by molar-refractivity contribution is -0.142. The van der Waals surface area contributed by atoms with E-state index in [2.05, 4.69) is 10.1 Å². The van der Waals surface area contributed by atoms with Crippen LogP contribution in [0, 0.1) is 0 Å². The number of hydrogen-bond acceptors (Lipinski definition) is 5. The molecule has 0 aromatic heterocycles. The predicted molar refractivity (Wildman–Crippen MR) is 76.8 cm³/mol. The number of rotatable bonds is 6. The minimum atomic E-state index is -0.373. The van der Waals surface area contributed by atoms with Gasteiger partial charge in [-0.2, -0.15) is 0 Å². The summed E-state index contributed by atoms with van der Waals surface area (Å²) in [6, 6.07) is 5.07. The number of nitrogens with one attached hydrogen (secondary N) is 1. The molecule has 1 amide bonds. The molecule has 0 fully saturated rings. The van der Waals surface area contributed by atoms with Crippen molar-refractivity contribution in [3.05, 3.63) is 29.3 Å². The fraction of sp³-hybridized carbons (Fsp3) is 0.400. The van der Waals surface area contributed by atoms with E-state index in [1.54, 1.807) is 25.1 Å². The topological polar surface area (TPSA) is 81.7 Å². The summed E-state index contributed by atoms with van der Waals surface area (Å²) in [5.41, 5.74) is 1.83. The van der Waals surface area contributed by atoms with Crippen LogP contribution in [-0.4, -0.2) is 31.6 Å². The summed E-state index contributed by atoms with van der Waals surface area (Å²) in [4.78, 5) is 34.1. The van der Waals surface area contributed by atoms with Crippen molar-refractivity contribution in [2.45, 2.75) is 26.7 Å². The molecule has 0 heterocycles. The molecule has 114 valence electrons. The third-order valence-corrected chi connectivity index (χ3v) is 2.70. The molecule has 0 saturated carbocycles. The molecule has 1 aromatic rings. The zero-order valence-electron chi connectivity index (χ0n) is 12.4. The Morgan fingerprint density at radius 3 is 2.43 bits per heavy atom. The van der Waals surface area contributed by atoms with Crippen LogP contribution in [0.4, 0.5) is 5.69 Å². The normalized spacial score (nSPS) is 9.86. The number of hydrogen-bond donors (Lipinski definition) is 1. The zero-order chi connectivity index (χ0) is 15.8. The molecule has 0 unspecified atom stereocenters. The van der Waals surface area contributed by atoms with Gasteiger partial charge in [0.15, 0.2) is 0 Å². The van der Waals surface area contributed by atoms with Gasteiger partial charge in [-0.15, -0.1) is 0 Å². The molecule has 0 radical (unpaired) electrons. The van der Waals surface area contributed by atoms with Crippen LogP contribution in [0.15, 0.2) is 18.2 Å². The second kappa shape index (κ2) is 8.04. The monoisotopic (exact) mass is 293 g/mol. The molecule has 21 heavy (non-hydrogen) atoms. The number of carbonyl (C=O) groups excluding carboxylic acids is 3. The van der Waals surface area contributed by atoms with Crippen molar-refractivity contribution in [3.63, 3.8) is 0 Å². The zero-order valence-corrected chi connectivity index (χ0v) is 12.4. The van der Waals surface area contributed by atoms with Gasteiger partial charge in [-0.25, -0.2) is 0 Å². The molecular weight excluding hydrogens is 274 g/mol. The molecule has 6 nitrogen and oxygen atoms in total. The average molecular weight is 293 g/mol. The third kappa shape index (κ3) is 5.64. The summed E-state index contributed by atoms with van der Waals surface area (Å²) in [5.74, 6) is -0.998. The van der Waals surface area contributed by atoms with Crippen LogP contribution in [0.5, 0.6) is 0 Å². The highest BCUT2D eigenvalue weighted by Gasteiger charge is 2.12. The minimum absolute atomic E-state index is 0.0575. The molecule has 0 saturated heterocycles. The maximum absolute atomic E-state index is 11.6. The Hall–Kier alpha value is -2.37. The van der Waals surface area contributed by atoms with E-state index in [0.717, 1.165) is 0 Å². The minimum Gasteiger partial charge on any atom is -0.469 e. The van der Waals surface area contributed by atoms with Gasteiger partial charge in [0.05, 0.1) is 26.6 Å². The second-order valence-electron chi connectivity index (χ2n) is 4.41. The number of benzene rings is 1. The van der Waals surface area contributed by atoms with E-state index in [0.29, 0.717) is 23.4 Å². The molecule has 0 bridgehead atoms. The smallest absolute Gasteiger partial charge is 0.310 e. The summed E-state index contributed by atoms with van der Waals surface area (Å²) in [6.45, 7) is 3.40.